The number of carbonyl (C=O) groups is 1. The lowest BCUT2D eigenvalue weighted by Crippen LogP contribution is -2.27. The number of nitrogens with one attached hydrogen (secondary N) is 1. The van der Waals surface area contributed by atoms with Crippen LogP contribution >= 0.6 is 15.9 Å². The van der Waals surface area contributed by atoms with E-state index in [1.165, 1.54) is 18.4 Å². The van der Waals surface area contributed by atoms with Crippen molar-refractivity contribution in [3.63, 3.8) is 0 Å². The predicted octanol–water partition coefficient (Wildman–Crippen LogP) is 4.95. The lowest BCUT2D eigenvalue weighted by Gasteiger charge is -2.19. The van der Waals surface area contributed by atoms with Gasteiger partial charge in [0, 0.05) is 27.7 Å². The number of nitrogens with zero attached hydrogens (tertiary/aromatic N) is 1. The van der Waals surface area contributed by atoms with Crippen LogP contribution in [0.2, 0.25) is 0 Å². The van der Waals surface area contributed by atoms with E-state index in [1.54, 1.807) is 4.57 Å². The molecule has 0 amide bonds. The van der Waals surface area contributed by atoms with Crippen LogP contribution in [0.3, 0.4) is 0 Å². The van der Waals surface area contributed by atoms with Gasteiger partial charge in [0.1, 0.15) is 0 Å². The zero-order valence-electron chi connectivity index (χ0n) is 14.2. The Kier molecular flexibility index (Phi) is 4.48. The smallest absolute Gasteiger partial charge is 0.262 e. The molecule has 1 aliphatic heterocycles. The molecule has 3 aromatic rings. The Bertz CT molecular complexity index is 910. The van der Waals surface area contributed by atoms with Crippen LogP contribution in [0.15, 0.2) is 59.2 Å². The average molecular weight is 397 g/mol. The second-order valence-electron chi connectivity index (χ2n) is 6.78. The first kappa shape index (κ1) is 16.6. The van der Waals surface area contributed by atoms with Gasteiger partial charge in [-0.3, -0.25) is 9.36 Å². The lowest BCUT2D eigenvalue weighted by atomic mass is 9.92. The fraction of sp³-hybridized carbons (Fsp3) is 0.286. The van der Waals surface area contributed by atoms with Crippen LogP contribution in [0.1, 0.15) is 41.6 Å². The minimum absolute atomic E-state index is 0.0192. The highest BCUT2D eigenvalue weighted by atomic mass is 79.9. The summed E-state index contributed by atoms with van der Waals surface area (Å²) in [6.07, 6.45) is 4.45. The molecule has 25 heavy (non-hydrogen) atoms. The van der Waals surface area contributed by atoms with E-state index >= 15 is 0 Å². The summed E-state index contributed by atoms with van der Waals surface area (Å²) >= 11 is 3.58. The molecule has 2 atom stereocenters. The van der Waals surface area contributed by atoms with Gasteiger partial charge in [-0.1, -0.05) is 41.1 Å². The molecule has 2 aromatic carbocycles. The third-order valence-corrected chi connectivity index (χ3v) is 5.72. The third-order valence-electron chi connectivity index (χ3n) is 5.23. The highest BCUT2D eigenvalue weighted by Gasteiger charge is 2.26. The van der Waals surface area contributed by atoms with E-state index in [4.69, 9.17) is 0 Å². The van der Waals surface area contributed by atoms with Crippen LogP contribution in [0.25, 0.3) is 10.9 Å². The first-order chi connectivity index (χ1) is 12.1. The molecule has 2 heterocycles. The van der Waals surface area contributed by atoms with Crippen molar-refractivity contribution in [2.24, 2.45) is 0 Å². The van der Waals surface area contributed by atoms with Crippen molar-refractivity contribution in [1.82, 2.24) is 9.88 Å². The largest absolute Gasteiger partial charge is 0.313 e. The molecule has 128 valence electrons. The van der Waals surface area contributed by atoms with E-state index in [-0.39, 0.29) is 5.91 Å². The van der Waals surface area contributed by atoms with Crippen LogP contribution in [-0.2, 0) is 0 Å². The Hall–Kier alpha value is -1.91. The van der Waals surface area contributed by atoms with Gasteiger partial charge >= 0.3 is 0 Å². The normalized spacial score (nSPS) is 18.6. The number of carbonyl (C=O) groups excluding carboxylic acids is 1. The summed E-state index contributed by atoms with van der Waals surface area (Å²) in [5.41, 5.74) is 2.91. The van der Waals surface area contributed by atoms with E-state index in [0.29, 0.717) is 17.5 Å². The van der Waals surface area contributed by atoms with Gasteiger partial charge in [0.25, 0.3) is 5.91 Å². The summed E-state index contributed by atoms with van der Waals surface area (Å²) in [5.74, 6) is 0.384. The highest BCUT2D eigenvalue weighted by molar-refractivity contribution is 9.10. The maximum Gasteiger partial charge on any atom is 0.262 e. The standard InChI is InChI=1S/C21H21BrN2O/c1-14(19-8-5-11-23-19)18-13-24(20-10-9-16(22)12-17(18)20)21(25)15-6-3-2-4-7-15/h2-4,6-7,9-10,12-14,19,23H,5,8,11H2,1H3. The molecule has 0 aliphatic carbocycles. The van der Waals surface area contributed by atoms with Gasteiger partial charge < -0.3 is 5.32 Å². The van der Waals surface area contributed by atoms with Crippen molar-refractivity contribution in [1.29, 1.82) is 0 Å². The second-order valence-corrected chi connectivity index (χ2v) is 7.69. The number of hydrogen-bond donors (Lipinski definition) is 1. The zero-order chi connectivity index (χ0) is 17.4. The maximum atomic E-state index is 13.0. The molecular weight excluding hydrogens is 376 g/mol. The lowest BCUT2D eigenvalue weighted by molar-refractivity contribution is 0.0964. The van der Waals surface area contributed by atoms with Crippen molar-refractivity contribution >= 4 is 32.7 Å². The SMILES string of the molecule is CC(c1cn(C(=O)c2ccccc2)c2ccc(Br)cc12)C1CCCN1. The predicted molar refractivity (Wildman–Crippen MR) is 105 cm³/mol. The van der Waals surface area contributed by atoms with Crippen molar-refractivity contribution < 1.29 is 4.79 Å². The van der Waals surface area contributed by atoms with E-state index in [2.05, 4.69) is 34.2 Å². The van der Waals surface area contributed by atoms with Gasteiger partial charge in [-0.05, 0) is 61.2 Å². The molecule has 0 radical (unpaired) electrons. The first-order valence-corrected chi connectivity index (χ1v) is 9.58. The van der Waals surface area contributed by atoms with Gasteiger partial charge in [-0.25, -0.2) is 0 Å². The van der Waals surface area contributed by atoms with Gasteiger partial charge in [0.15, 0.2) is 0 Å². The Morgan fingerprint density at radius 2 is 2.04 bits per heavy atom. The summed E-state index contributed by atoms with van der Waals surface area (Å²) in [7, 11) is 0. The van der Waals surface area contributed by atoms with Crippen molar-refractivity contribution in [2.45, 2.75) is 31.7 Å². The van der Waals surface area contributed by atoms with Crippen molar-refractivity contribution in [3.05, 3.63) is 70.3 Å². The molecule has 4 rings (SSSR count). The molecule has 1 N–H and O–H groups in total. The zero-order valence-corrected chi connectivity index (χ0v) is 15.8. The average Bonchev–Trinajstić information content (AvgIpc) is 3.29. The number of fused-ring (bicyclic) bond motifs is 1. The first-order valence-electron chi connectivity index (χ1n) is 8.79. The summed E-state index contributed by atoms with van der Waals surface area (Å²) in [6, 6.07) is 16.1. The monoisotopic (exact) mass is 396 g/mol. The number of halogens is 1. The minimum Gasteiger partial charge on any atom is -0.313 e. The molecule has 3 nitrogen and oxygen atoms in total. The quantitative estimate of drug-likeness (QED) is 0.679. The Balaban J connectivity index is 1.84. The fourth-order valence-corrected chi connectivity index (χ4v) is 4.19. The Morgan fingerprint density at radius 1 is 1.24 bits per heavy atom. The molecule has 1 aromatic heterocycles. The van der Waals surface area contributed by atoms with Crippen molar-refractivity contribution in [2.75, 3.05) is 6.54 Å². The van der Waals surface area contributed by atoms with Gasteiger partial charge in [-0.2, -0.15) is 0 Å². The number of hydrogen-bond acceptors (Lipinski definition) is 2. The Morgan fingerprint density at radius 3 is 2.76 bits per heavy atom. The molecule has 0 saturated carbocycles. The molecule has 0 bridgehead atoms. The maximum absolute atomic E-state index is 13.0. The molecular formula is C21H21BrN2O. The minimum atomic E-state index is 0.0192. The van der Waals surface area contributed by atoms with E-state index in [0.717, 1.165) is 21.9 Å². The molecule has 1 fully saturated rings. The summed E-state index contributed by atoms with van der Waals surface area (Å²) < 4.78 is 2.84. The van der Waals surface area contributed by atoms with Gasteiger partial charge in [0.2, 0.25) is 0 Å². The summed E-state index contributed by atoms with van der Waals surface area (Å²) in [5, 5.41) is 4.75. The van der Waals surface area contributed by atoms with Gasteiger partial charge in [0.05, 0.1) is 5.52 Å². The summed E-state index contributed by atoms with van der Waals surface area (Å²) in [6.45, 7) is 3.34. The van der Waals surface area contributed by atoms with E-state index in [9.17, 15) is 4.79 Å². The fourth-order valence-electron chi connectivity index (χ4n) is 3.83. The van der Waals surface area contributed by atoms with Crippen LogP contribution in [0, 0.1) is 0 Å². The van der Waals surface area contributed by atoms with E-state index < -0.39 is 0 Å². The second kappa shape index (κ2) is 6.77. The van der Waals surface area contributed by atoms with Crippen LogP contribution in [0.4, 0.5) is 0 Å². The third kappa shape index (κ3) is 3.05. The van der Waals surface area contributed by atoms with Crippen LogP contribution in [-0.4, -0.2) is 23.1 Å². The Labute approximate surface area is 156 Å². The molecule has 1 saturated heterocycles. The highest BCUT2D eigenvalue weighted by Crippen LogP contribution is 2.34. The molecule has 1 aliphatic rings. The molecule has 2 unspecified atom stereocenters. The molecule has 4 heteroatoms. The van der Waals surface area contributed by atoms with Crippen molar-refractivity contribution in [3.8, 4) is 0 Å². The number of rotatable bonds is 3. The molecule has 0 spiro atoms. The number of aromatic nitrogens is 1. The summed E-state index contributed by atoms with van der Waals surface area (Å²) in [4.78, 5) is 13.0. The van der Waals surface area contributed by atoms with Gasteiger partial charge in [-0.15, -0.1) is 0 Å². The van der Waals surface area contributed by atoms with Crippen LogP contribution in [0.5, 0.6) is 0 Å². The van der Waals surface area contributed by atoms with E-state index in [1.807, 2.05) is 48.7 Å². The number of benzene rings is 2. The topological polar surface area (TPSA) is 34.0 Å². The van der Waals surface area contributed by atoms with Crippen LogP contribution < -0.4 is 5.32 Å².